The molecule has 0 saturated heterocycles. The van der Waals surface area contributed by atoms with Crippen LogP contribution in [0.2, 0.25) is 0 Å². The van der Waals surface area contributed by atoms with Crippen molar-refractivity contribution in [3.63, 3.8) is 0 Å². The van der Waals surface area contributed by atoms with Gasteiger partial charge in [0, 0.05) is 22.5 Å². The number of benzene rings is 1. The van der Waals surface area contributed by atoms with Crippen LogP contribution in [0, 0.1) is 26.2 Å². The van der Waals surface area contributed by atoms with Crippen molar-refractivity contribution in [1.29, 1.82) is 0 Å². The van der Waals surface area contributed by atoms with E-state index >= 15 is 0 Å². The highest BCUT2D eigenvalue weighted by Crippen LogP contribution is 2.23. The zero-order chi connectivity index (χ0) is 13.3. The van der Waals surface area contributed by atoms with Gasteiger partial charge in [-0.1, -0.05) is 18.1 Å². The average Bonchev–Trinajstić information content (AvgIpc) is 2.65. The maximum Gasteiger partial charge on any atom is 0.161 e. The van der Waals surface area contributed by atoms with Crippen LogP contribution in [-0.4, -0.2) is 10.4 Å². The lowest BCUT2D eigenvalue weighted by molar-refractivity contribution is 0.101. The standard InChI is InChI=1S/C16H15NO/c1-5-14-8-6-7-9-16(14)17-11(2)10-15(12(17)3)13(4)18/h1,6-10H,2-4H3. The van der Waals surface area contributed by atoms with Gasteiger partial charge in [0.15, 0.2) is 5.78 Å². The number of para-hydroxylation sites is 1. The summed E-state index contributed by atoms with van der Waals surface area (Å²) < 4.78 is 2.03. The Hall–Kier alpha value is -2.27. The second kappa shape index (κ2) is 4.54. The number of nitrogens with zero attached hydrogens (tertiary/aromatic N) is 1. The third-order valence-corrected chi connectivity index (χ3v) is 3.11. The van der Waals surface area contributed by atoms with E-state index in [1.54, 1.807) is 6.92 Å². The van der Waals surface area contributed by atoms with Gasteiger partial charge in [-0.25, -0.2) is 0 Å². The van der Waals surface area contributed by atoms with E-state index in [-0.39, 0.29) is 5.78 Å². The molecule has 1 aromatic heterocycles. The molecular formula is C16H15NO. The van der Waals surface area contributed by atoms with Gasteiger partial charge in [0.05, 0.1) is 5.69 Å². The maximum absolute atomic E-state index is 11.6. The molecule has 18 heavy (non-hydrogen) atoms. The zero-order valence-corrected chi connectivity index (χ0v) is 10.8. The first-order valence-corrected chi connectivity index (χ1v) is 5.82. The number of aryl methyl sites for hydroxylation is 1. The topological polar surface area (TPSA) is 22.0 Å². The lowest BCUT2D eigenvalue weighted by Gasteiger charge is -2.11. The fourth-order valence-corrected chi connectivity index (χ4v) is 2.28. The van der Waals surface area contributed by atoms with Gasteiger partial charge in [-0.05, 0) is 39.0 Å². The van der Waals surface area contributed by atoms with Crippen molar-refractivity contribution in [3.8, 4) is 18.0 Å². The minimum Gasteiger partial charge on any atom is -0.317 e. The fourth-order valence-electron chi connectivity index (χ4n) is 2.28. The molecule has 0 amide bonds. The van der Waals surface area contributed by atoms with Gasteiger partial charge in [0.25, 0.3) is 0 Å². The quantitative estimate of drug-likeness (QED) is 0.580. The Balaban J connectivity index is 2.73. The van der Waals surface area contributed by atoms with Crippen LogP contribution in [0.4, 0.5) is 0 Å². The Kier molecular flexibility index (Phi) is 3.08. The van der Waals surface area contributed by atoms with Crippen LogP contribution in [0.5, 0.6) is 0 Å². The van der Waals surface area contributed by atoms with E-state index in [0.717, 1.165) is 28.2 Å². The second-order valence-electron chi connectivity index (χ2n) is 4.34. The Morgan fingerprint density at radius 3 is 2.50 bits per heavy atom. The Labute approximate surface area is 107 Å². The number of Topliss-reactive ketones (excluding diaryl/α,β-unsaturated/α-hetero) is 1. The number of hydrogen-bond donors (Lipinski definition) is 0. The minimum absolute atomic E-state index is 0.0764. The zero-order valence-electron chi connectivity index (χ0n) is 10.8. The van der Waals surface area contributed by atoms with Crippen LogP contribution in [0.25, 0.3) is 5.69 Å². The predicted molar refractivity (Wildman–Crippen MR) is 73.2 cm³/mol. The lowest BCUT2D eigenvalue weighted by atomic mass is 10.1. The van der Waals surface area contributed by atoms with Crippen molar-refractivity contribution in [1.82, 2.24) is 4.57 Å². The number of carbonyl (C=O) groups is 1. The molecule has 1 aromatic carbocycles. The molecule has 0 aliphatic carbocycles. The van der Waals surface area contributed by atoms with Crippen molar-refractivity contribution in [2.75, 3.05) is 0 Å². The molecule has 2 rings (SSSR count). The fraction of sp³-hybridized carbons (Fsp3) is 0.188. The molecule has 2 nitrogen and oxygen atoms in total. The highest BCUT2D eigenvalue weighted by Gasteiger charge is 2.14. The van der Waals surface area contributed by atoms with Crippen LogP contribution >= 0.6 is 0 Å². The normalized spacial score (nSPS) is 10.1. The largest absolute Gasteiger partial charge is 0.317 e. The van der Waals surface area contributed by atoms with Crippen molar-refractivity contribution in [2.45, 2.75) is 20.8 Å². The minimum atomic E-state index is 0.0764. The number of rotatable bonds is 2. The summed E-state index contributed by atoms with van der Waals surface area (Å²) >= 11 is 0. The van der Waals surface area contributed by atoms with Gasteiger partial charge in [-0.3, -0.25) is 4.79 Å². The summed E-state index contributed by atoms with van der Waals surface area (Å²) in [7, 11) is 0. The van der Waals surface area contributed by atoms with Crippen LogP contribution in [0.15, 0.2) is 30.3 Å². The number of ketones is 1. The molecule has 0 radical (unpaired) electrons. The molecule has 0 aliphatic heterocycles. The third-order valence-electron chi connectivity index (χ3n) is 3.11. The van der Waals surface area contributed by atoms with Gasteiger partial charge in [0.2, 0.25) is 0 Å². The molecule has 0 saturated carbocycles. The molecule has 0 bridgehead atoms. The molecule has 0 spiro atoms. The lowest BCUT2D eigenvalue weighted by Crippen LogP contribution is -2.03. The summed E-state index contributed by atoms with van der Waals surface area (Å²) in [6, 6.07) is 9.65. The molecule has 0 unspecified atom stereocenters. The highest BCUT2D eigenvalue weighted by atomic mass is 16.1. The van der Waals surface area contributed by atoms with Gasteiger partial charge >= 0.3 is 0 Å². The molecular weight excluding hydrogens is 222 g/mol. The van der Waals surface area contributed by atoms with Crippen molar-refractivity contribution in [3.05, 3.63) is 52.8 Å². The van der Waals surface area contributed by atoms with E-state index < -0.39 is 0 Å². The Morgan fingerprint density at radius 2 is 1.94 bits per heavy atom. The summed E-state index contributed by atoms with van der Waals surface area (Å²) in [5.41, 5.74) is 4.47. The van der Waals surface area contributed by atoms with Crippen LogP contribution in [0.1, 0.15) is 34.2 Å². The maximum atomic E-state index is 11.6. The van der Waals surface area contributed by atoms with Crippen LogP contribution < -0.4 is 0 Å². The molecule has 1 heterocycles. The second-order valence-corrected chi connectivity index (χ2v) is 4.34. The first-order valence-electron chi connectivity index (χ1n) is 5.82. The van der Waals surface area contributed by atoms with Crippen molar-refractivity contribution >= 4 is 5.78 Å². The molecule has 0 N–H and O–H groups in total. The monoisotopic (exact) mass is 237 g/mol. The smallest absolute Gasteiger partial charge is 0.161 e. The van der Waals surface area contributed by atoms with E-state index in [9.17, 15) is 4.79 Å². The molecule has 2 aromatic rings. The van der Waals surface area contributed by atoms with E-state index in [1.807, 2.05) is 48.7 Å². The Bertz CT molecular complexity index is 656. The van der Waals surface area contributed by atoms with E-state index in [2.05, 4.69) is 5.92 Å². The molecule has 0 aliphatic rings. The van der Waals surface area contributed by atoms with Gasteiger partial charge in [-0.15, -0.1) is 6.42 Å². The SMILES string of the molecule is C#Cc1ccccc1-n1c(C)cc(C(C)=O)c1C. The number of carbonyl (C=O) groups excluding carboxylic acids is 1. The summed E-state index contributed by atoms with van der Waals surface area (Å²) in [6.45, 7) is 5.50. The van der Waals surface area contributed by atoms with Crippen LogP contribution in [-0.2, 0) is 0 Å². The third kappa shape index (κ3) is 1.84. The first-order chi connectivity index (χ1) is 8.56. The molecule has 0 fully saturated rings. The van der Waals surface area contributed by atoms with Crippen molar-refractivity contribution in [2.24, 2.45) is 0 Å². The van der Waals surface area contributed by atoms with Gasteiger partial charge in [0.1, 0.15) is 0 Å². The molecule has 90 valence electrons. The van der Waals surface area contributed by atoms with E-state index in [1.165, 1.54) is 0 Å². The van der Waals surface area contributed by atoms with Gasteiger partial charge in [-0.2, -0.15) is 0 Å². The predicted octanol–water partition coefficient (Wildman–Crippen LogP) is 3.28. The summed E-state index contributed by atoms with van der Waals surface area (Å²) in [6.07, 6.45) is 5.52. The summed E-state index contributed by atoms with van der Waals surface area (Å²) in [5, 5.41) is 0. The average molecular weight is 237 g/mol. The molecule has 0 atom stereocenters. The number of terminal acetylenes is 1. The van der Waals surface area contributed by atoms with Gasteiger partial charge < -0.3 is 4.57 Å². The van der Waals surface area contributed by atoms with E-state index in [4.69, 9.17) is 6.42 Å². The van der Waals surface area contributed by atoms with E-state index in [0.29, 0.717) is 0 Å². The first kappa shape index (κ1) is 12.2. The number of aromatic nitrogens is 1. The van der Waals surface area contributed by atoms with Crippen LogP contribution in [0.3, 0.4) is 0 Å². The highest BCUT2D eigenvalue weighted by molar-refractivity contribution is 5.95. The molecule has 2 heteroatoms. The summed E-state index contributed by atoms with van der Waals surface area (Å²) in [5.74, 6) is 2.76. The Morgan fingerprint density at radius 1 is 1.28 bits per heavy atom. The number of hydrogen-bond acceptors (Lipinski definition) is 1. The summed E-state index contributed by atoms with van der Waals surface area (Å²) in [4.78, 5) is 11.6. The van der Waals surface area contributed by atoms with Crippen molar-refractivity contribution < 1.29 is 4.79 Å².